The third kappa shape index (κ3) is 3.69. The number of ether oxygens (including phenoxy) is 2. The first kappa shape index (κ1) is 19.4. The van der Waals surface area contributed by atoms with Gasteiger partial charge in [0.1, 0.15) is 11.5 Å². The molecule has 2 heterocycles. The van der Waals surface area contributed by atoms with E-state index in [0.717, 1.165) is 5.56 Å². The van der Waals surface area contributed by atoms with Crippen LogP contribution in [0.2, 0.25) is 0 Å². The molecule has 9 heteroatoms. The van der Waals surface area contributed by atoms with Crippen LogP contribution in [-0.2, 0) is 9.59 Å². The van der Waals surface area contributed by atoms with Crippen LogP contribution in [0.5, 0.6) is 11.5 Å². The Labute approximate surface area is 173 Å². The van der Waals surface area contributed by atoms with E-state index in [9.17, 15) is 9.59 Å². The Balaban J connectivity index is 1.46. The van der Waals surface area contributed by atoms with E-state index in [-0.39, 0.29) is 30.7 Å². The zero-order valence-electron chi connectivity index (χ0n) is 16.6. The Morgan fingerprint density at radius 1 is 1.10 bits per heavy atom. The quantitative estimate of drug-likeness (QED) is 0.650. The molecule has 0 unspecified atom stereocenters. The van der Waals surface area contributed by atoms with Crippen molar-refractivity contribution < 1.29 is 19.1 Å². The predicted molar refractivity (Wildman–Crippen MR) is 110 cm³/mol. The van der Waals surface area contributed by atoms with Crippen LogP contribution in [0.1, 0.15) is 6.42 Å². The molecule has 2 aromatic carbocycles. The smallest absolute Gasteiger partial charge is 0.249 e. The number of methoxy groups -OCH3 is 2. The largest absolute Gasteiger partial charge is 0.496 e. The monoisotopic (exact) mass is 407 g/mol. The second-order valence-corrected chi connectivity index (χ2v) is 6.77. The van der Waals surface area contributed by atoms with Crippen LogP contribution in [0.3, 0.4) is 0 Å². The van der Waals surface area contributed by atoms with E-state index in [4.69, 9.17) is 9.47 Å². The topological polar surface area (TPSA) is 109 Å². The van der Waals surface area contributed by atoms with Crippen LogP contribution in [0.4, 0.5) is 11.6 Å². The predicted octanol–water partition coefficient (Wildman–Crippen LogP) is 2.48. The Morgan fingerprint density at radius 3 is 2.57 bits per heavy atom. The first-order valence-electron chi connectivity index (χ1n) is 9.40. The molecule has 3 aromatic rings. The lowest BCUT2D eigenvalue weighted by atomic mass is 10.1. The molecule has 4 rings (SSSR count). The maximum atomic E-state index is 12.7. The molecule has 1 aliphatic heterocycles. The van der Waals surface area contributed by atoms with Gasteiger partial charge in [-0.25, -0.2) is 0 Å². The molecule has 0 saturated carbocycles. The lowest BCUT2D eigenvalue weighted by Gasteiger charge is -2.19. The number of nitrogens with one attached hydrogen (secondary N) is 2. The van der Waals surface area contributed by atoms with E-state index in [1.54, 1.807) is 31.3 Å². The van der Waals surface area contributed by atoms with Gasteiger partial charge in [0.15, 0.2) is 5.82 Å². The van der Waals surface area contributed by atoms with Crippen molar-refractivity contribution in [3.63, 3.8) is 0 Å². The molecule has 1 atom stereocenters. The number of aromatic nitrogens is 3. The van der Waals surface area contributed by atoms with E-state index < -0.39 is 5.92 Å². The highest BCUT2D eigenvalue weighted by Gasteiger charge is 2.36. The van der Waals surface area contributed by atoms with Crippen molar-refractivity contribution in [3.8, 4) is 22.9 Å². The molecule has 30 heavy (non-hydrogen) atoms. The number of amides is 2. The highest BCUT2D eigenvalue weighted by atomic mass is 16.5. The number of aromatic amines is 1. The van der Waals surface area contributed by atoms with E-state index in [2.05, 4.69) is 20.5 Å². The second kappa shape index (κ2) is 8.24. The summed E-state index contributed by atoms with van der Waals surface area (Å²) in [5.74, 6) is 0.874. The summed E-state index contributed by atoms with van der Waals surface area (Å²) >= 11 is 0. The van der Waals surface area contributed by atoms with E-state index in [1.807, 2.05) is 36.4 Å². The van der Waals surface area contributed by atoms with Crippen LogP contribution >= 0.6 is 0 Å². The molecule has 154 valence electrons. The highest BCUT2D eigenvalue weighted by Crippen LogP contribution is 2.33. The van der Waals surface area contributed by atoms with Crippen LogP contribution in [0.15, 0.2) is 48.5 Å². The summed E-state index contributed by atoms with van der Waals surface area (Å²) in [6, 6.07) is 14.6. The number of carbonyl (C=O) groups excluding carboxylic acids is 2. The molecule has 0 bridgehead atoms. The molecule has 0 aliphatic carbocycles. The molecule has 1 aromatic heterocycles. The Hall–Kier alpha value is -3.88. The molecule has 0 spiro atoms. The van der Waals surface area contributed by atoms with Gasteiger partial charge in [0.05, 0.1) is 31.4 Å². The third-order valence-corrected chi connectivity index (χ3v) is 4.95. The number of nitrogens with zero attached hydrogens (tertiary/aromatic N) is 3. The van der Waals surface area contributed by atoms with E-state index in [1.165, 1.54) is 0 Å². The number of rotatable bonds is 6. The Kier molecular flexibility index (Phi) is 5.34. The fraction of sp³-hybridized carbons (Fsp3) is 0.238. The van der Waals surface area contributed by atoms with Gasteiger partial charge < -0.3 is 14.4 Å². The van der Waals surface area contributed by atoms with Gasteiger partial charge in [-0.3, -0.25) is 20.0 Å². The average molecular weight is 407 g/mol. The number of anilines is 2. The van der Waals surface area contributed by atoms with Gasteiger partial charge in [0.25, 0.3) is 0 Å². The van der Waals surface area contributed by atoms with Gasteiger partial charge in [0.2, 0.25) is 17.8 Å². The van der Waals surface area contributed by atoms with Crippen LogP contribution in [0, 0.1) is 5.92 Å². The molecule has 9 nitrogen and oxygen atoms in total. The van der Waals surface area contributed by atoms with E-state index >= 15 is 0 Å². The van der Waals surface area contributed by atoms with Crippen molar-refractivity contribution in [3.05, 3.63) is 48.5 Å². The standard InChI is InChI=1S/C21H21N5O4/c1-29-16-9-5-3-7-14(16)19-22-21(25-24-19)23-20(28)13-11-18(27)26(12-13)15-8-4-6-10-17(15)30-2/h3-10,13H,11-12H2,1-2H3,(H2,22,23,24,25,28)/t13-/m0/s1. The molecule has 1 fully saturated rings. The number of H-pyrrole nitrogens is 1. The van der Waals surface area contributed by atoms with Gasteiger partial charge in [0, 0.05) is 13.0 Å². The van der Waals surface area contributed by atoms with Gasteiger partial charge >= 0.3 is 0 Å². The number of hydrogen-bond donors (Lipinski definition) is 2. The van der Waals surface area contributed by atoms with Gasteiger partial charge in [-0.1, -0.05) is 24.3 Å². The van der Waals surface area contributed by atoms with Crippen LogP contribution < -0.4 is 19.7 Å². The van der Waals surface area contributed by atoms with Gasteiger partial charge in [-0.2, -0.15) is 4.98 Å². The summed E-state index contributed by atoms with van der Waals surface area (Å²) in [7, 11) is 3.12. The Bertz CT molecular complexity index is 1080. The minimum atomic E-state index is -0.518. The fourth-order valence-corrected chi connectivity index (χ4v) is 3.46. The zero-order chi connectivity index (χ0) is 21.1. The minimum Gasteiger partial charge on any atom is -0.496 e. The fourth-order valence-electron chi connectivity index (χ4n) is 3.46. The molecule has 0 radical (unpaired) electrons. The number of hydrogen-bond acceptors (Lipinski definition) is 6. The average Bonchev–Trinajstić information content (AvgIpc) is 3.40. The maximum absolute atomic E-state index is 12.7. The lowest BCUT2D eigenvalue weighted by molar-refractivity contribution is -0.122. The second-order valence-electron chi connectivity index (χ2n) is 6.77. The molecule has 2 N–H and O–H groups in total. The maximum Gasteiger partial charge on any atom is 0.249 e. The van der Waals surface area contributed by atoms with Crippen molar-refractivity contribution in [2.45, 2.75) is 6.42 Å². The minimum absolute atomic E-state index is 0.105. The molecular formula is C21H21N5O4. The summed E-state index contributed by atoms with van der Waals surface area (Å²) in [6.07, 6.45) is 0.105. The van der Waals surface area contributed by atoms with Crippen molar-refractivity contribution in [2.24, 2.45) is 5.92 Å². The summed E-state index contributed by atoms with van der Waals surface area (Å²) < 4.78 is 10.7. The first-order valence-corrected chi connectivity index (χ1v) is 9.40. The van der Waals surface area contributed by atoms with Crippen LogP contribution in [-0.4, -0.2) is 47.8 Å². The van der Waals surface area contributed by atoms with Crippen molar-refractivity contribution in [1.82, 2.24) is 15.2 Å². The van der Waals surface area contributed by atoms with Crippen molar-refractivity contribution >= 4 is 23.5 Å². The molecule has 1 aliphatic rings. The third-order valence-electron chi connectivity index (χ3n) is 4.95. The SMILES string of the molecule is COc1ccccc1-c1nc(NC(=O)[C@H]2CC(=O)N(c3ccccc3OC)C2)n[nH]1. The van der Waals surface area contributed by atoms with Gasteiger partial charge in [-0.05, 0) is 24.3 Å². The first-order chi connectivity index (χ1) is 14.6. The van der Waals surface area contributed by atoms with Crippen molar-refractivity contribution in [1.29, 1.82) is 0 Å². The highest BCUT2D eigenvalue weighted by molar-refractivity contribution is 6.03. The Morgan fingerprint density at radius 2 is 1.80 bits per heavy atom. The van der Waals surface area contributed by atoms with Gasteiger partial charge in [-0.15, -0.1) is 5.10 Å². The summed E-state index contributed by atoms with van der Waals surface area (Å²) in [6.45, 7) is 0.259. The molecular weight excluding hydrogens is 386 g/mol. The number of para-hydroxylation sites is 3. The number of benzene rings is 2. The summed E-state index contributed by atoms with van der Waals surface area (Å²) in [5.41, 5.74) is 1.38. The molecule has 1 saturated heterocycles. The molecule has 2 amide bonds. The normalized spacial score (nSPS) is 15.9. The van der Waals surface area contributed by atoms with E-state index in [0.29, 0.717) is 23.0 Å². The lowest BCUT2D eigenvalue weighted by Crippen LogP contribution is -2.28. The zero-order valence-corrected chi connectivity index (χ0v) is 16.6. The number of carbonyl (C=O) groups is 2. The summed E-state index contributed by atoms with van der Waals surface area (Å²) in [4.78, 5) is 31.1. The summed E-state index contributed by atoms with van der Waals surface area (Å²) in [5, 5.41) is 9.55. The van der Waals surface area contributed by atoms with Crippen molar-refractivity contribution in [2.75, 3.05) is 31.0 Å². The van der Waals surface area contributed by atoms with Crippen LogP contribution in [0.25, 0.3) is 11.4 Å².